The highest BCUT2D eigenvalue weighted by atomic mass is 19.4. The van der Waals surface area contributed by atoms with E-state index in [1.165, 1.54) is 18.6 Å². The molecular formula is C14H14F3N3. The van der Waals surface area contributed by atoms with Gasteiger partial charge in [-0.1, -0.05) is 20.8 Å². The fourth-order valence-electron chi connectivity index (χ4n) is 1.64. The second-order valence-electron chi connectivity index (χ2n) is 5.47. The maximum Gasteiger partial charge on any atom is 0.433 e. The Bertz CT molecular complexity index is 598. The molecule has 0 amide bonds. The zero-order chi connectivity index (χ0) is 15.0. The average Bonchev–Trinajstić information content (AvgIpc) is 2.37. The van der Waals surface area contributed by atoms with Gasteiger partial charge in [0.05, 0.1) is 5.69 Å². The molecule has 0 unspecified atom stereocenters. The van der Waals surface area contributed by atoms with E-state index in [0.29, 0.717) is 11.3 Å². The summed E-state index contributed by atoms with van der Waals surface area (Å²) < 4.78 is 37.4. The van der Waals surface area contributed by atoms with Gasteiger partial charge in [0.25, 0.3) is 0 Å². The predicted molar refractivity (Wildman–Crippen MR) is 69.0 cm³/mol. The Morgan fingerprint density at radius 1 is 0.900 bits per heavy atom. The standard InChI is InChI=1S/C14H14F3N3/c1-13(2,3)12-6-10(19-8-20-12)9-4-5-11(18-7-9)14(15,16)17/h4-8H,1-3H3. The average molecular weight is 281 g/mol. The molecule has 0 N–H and O–H groups in total. The van der Waals surface area contributed by atoms with Crippen LogP contribution in [0.1, 0.15) is 32.2 Å². The third-order valence-electron chi connectivity index (χ3n) is 2.79. The lowest BCUT2D eigenvalue weighted by Crippen LogP contribution is -2.13. The lowest BCUT2D eigenvalue weighted by Gasteiger charge is -2.17. The van der Waals surface area contributed by atoms with E-state index in [9.17, 15) is 13.2 Å². The van der Waals surface area contributed by atoms with Crippen LogP contribution in [0.3, 0.4) is 0 Å². The Morgan fingerprint density at radius 2 is 1.60 bits per heavy atom. The Kier molecular flexibility index (Phi) is 3.50. The van der Waals surface area contributed by atoms with Crippen molar-refractivity contribution in [3.8, 4) is 11.3 Å². The number of nitrogens with zero attached hydrogens (tertiary/aromatic N) is 3. The Balaban J connectivity index is 2.38. The molecule has 0 aliphatic heterocycles. The predicted octanol–water partition coefficient (Wildman–Crippen LogP) is 3.85. The minimum Gasteiger partial charge on any atom is -0.251 e. The minimum atomic E-state index is -4.43. The van der Waals surface area contributed by atoms with Gasteiger partial charge in [0.2, 0.25) is 0 Å². The summed E-state index contributed by atoms with van der Waals surface area (Å²) in [6.07, 6.45) is -1.84. The van der Waals surface area contributed by atoms with Gasteiger partial charge in [-0.2, -0.15) is 13.2 Å². The summed E-state index contributed by atoms with van der Waals surface area (Å²) in [5, 5.41) is 0. The van der Waals surface area contributed by atoms with Gasteiger partial charge in [-0.05, 0) is 18.2 Å². The summed E-state index contributed by atoms with van der Waals surface area (Å²) in [5.74, 6) is 0. The molecule has 0 atom stereocenters. The maximum atomic E-state index is 12.5. The lowest BCUT2D eigenvalue weighted by atomic mass is 9.91. The molecule has 0 spiro atoms. The molecule has 106 valence electrons. The summed E-state index contributed by atoms with van der Waals surface area (Å²) in [6, 6.07) is 4.09. The molecule has 6 heteroatoms. The van der Waals surface area contributed by atoms with Crippen LogP contribution in [0.25, 0.3) is 11.3 Å². The van der Waals surface area contributed by atoms with E-state index in [1.807, 2.05) is 20.8 Å². The van der Waals surface area contributed by atoms with Crippen molar-refractivity contribution in [2.75, 3.05) is 0 Å². The minimum absolute atomic E-state index is 0.156. The first-order chi connectivity index (χ1) is 9.18. The molecule has 0 radical (unpaired) electrons. The highest BCUT2D eigenvalue weighted by molar-refractivity contribution is 5.58. The second-order valence-corrected chi connectivity index (χ2v) is 5.47. The number of alkyl halides is 3. The molecule has 0 aliphatic rings. The van der Waals surface area contributed by atoms with Crippen molar-refractivity contribution in [3.05, 3.63) is 42.1 Å². The van der Waals surface area contributed by atoms with Gasteiger partial charge in [-0.15, -0.1) is 0 Å². The largest absolute Gasteiger partial charge is 0.433 e. The van der Waals surface area contributed by atoms with Crippen LogP contribution in [0.5, 0.6) is 0 Å². The third-order valence-corrected chi connectivity index (χ3v) is 2.79. The molecular weight excluding hydrogens is 267 g/mol. The number of halogens is 3. The quantitative estimate of drug-likeness (QED) is 0.796. The normalized spacial score (nSPS) is 12.5. The number of hydrogen-bond acceptors (Lipinski definition) is 3. The summed E-state index contributed by atoms with van der Waals surface area (Å²) in [5.41, 5.74) is 0.850. The van der Waals surface area contributed by atoms with Crippen molar-refractivity contribution in [2.45, 2.75) is 32.4 Å². The van der Waals surface area contributed by atoms with Crippen LogP contribution in [0, 0.1) is 0 Å². The molecule has 2 heterocycles. The van der Waals surface area contributed by atoms with Gasteiger partial charge in [-0.25, -0.2) is 9.97 Å². The summed E-state index contributed by atoms with van der Waals surface area (Å²) in [7, 11) is 0. The SMILES string of the molecule is CC(C)(C)c1cc(-c2ccc(C(F)(F)F)nc2)ncn1. The first-order valence-electron chi connectivity index (χ1n) is 6.04. The molecule has 0 saturated heterocycles. The van der Waals surface area contributed by atoms with E-state index in [-0.39, 0.29) is 5.41 Å². The zero-order valence-electron chi connectivity index (χ0n) is 11.4. The topological polar surface area (TPSA) is 38.7 Å². The first kappa shape index (κ1) is 14.4. The van der Waals surface area contributed by atoms with Gasteiger partial charge in [0.15, 0.2) is 0 Å². The van der Waals surface area contributed by atoms with Crippen molar-refractivity contribution in [2.24, 2.45) is 0 Å². The molecule has 0 bridgehead atoms. The smallest absolute Gasteiger partial charge is 0.251 e. The summed E-state index contributed by atoms with van der Waals surface area (Å²) in [4.78, 5) is 11.7. The van der Waals surface area contributed by atoms with E-state index in [1.54, 1.807) is 6.07 Å². The third kappa shape index (κ3) is 3.12. The summed E-state index contributed by atoms with van der Waals surface area (Å²) in [6.45, 7) is 6.01. The Labute approximate surface area is 114 Å². The van der Waals surface area contributed by atoms with Gasteiger partial charge >= 0.3 is 6.18 Å². The van der Waals surface area contributed by atoms with Crippen LogP contribution in [-0.2, 0) is 11.6 Å². The number of rotatable bonds is 1. The van der Waals surface area contributed by atoms with Gasteiger partial charge < -0.3 is 0 Å². The molecule has 0 fully saturated rings. The van der Waals surface area contributed by atoms with E-state index in [0.717, 1.165) is 11.8 Å². The van der Waals surface area contributed by atoms with Crippen LogP contribution in [0.2, 0.25) is 0 Å². The molecule has 0 saturated carbocycles. The Hall–Kier alpha value is -1.98. The van der Waals surface area contributed by atoms with Crippen molar-refractivity contribution in [3.63, 3.8) is 0 Å². The molecule has 2 aromatic rings. The number of pyridine rings is 1. The van der Waals surface area contributed by atoms with E-state index in [4.69, 9.17) is 0 Å². The van der Waals surface area contributed by atoms with Gasteiger partial charge in [0.1, 0.15) is 12.0 Å². The summed E-state index contributed by atoms with van der Waals surface area (Å²) >= 11 is 0. The highest BCUT2D eigenvalue weighted by Gasteiger charge is 2.32. The van der Waals surface area contributed by atoms with Crippen LogP contribution in [0.4, 0.5) is 13.2 Å². The monoisotopic (exact) mass is 281 g/mol. The lowest BCUT2D eigenvalue weighted by molar-refractivity contribution is -0.141. The van der Waals surface area contributed by atoms with Crippen LogP contribution >= 0.6 is 0 Å². The molecule has 2 rings (SSSR count). The highest BCUT2D eigenvalue weighted by Crippen LogP contribution is 2.29. The van der Waals surface area contributed by atoms with E-state index >= 15 is 0 Å². The van der Waals surface area contributed by atoms with Gasteiger partial charge in [-0.3, -0.25) is 4.98 Å². The molecule has 0 aromatic carbocycles. The van der Waals surface area contributed by atoms with E-state index in [2.05, 4.69) is 15.0 Å². The maximum absolute atomic E-state index is 12.5. The first-order valence-corrected chi connectivity index (χ1v) is 6.04. The van der Waals surface area contributed by atoms with Crippen molar-refractivity contribution >= 4 is 0 Å². The fraction of sp³-hybridized carbons (Fsp3) is 0.357. The van der Waals surface area contributed by atoms with Crippen LogP contribution in [0.15, 0.2) is 30.7 Å². The van der Waals surface area contributed by atoms with Crippen molar-refractivity contribution in [1.82, 2.24) is 15.0 Å². The number of hydrogen-bond donors (Lipinski definition) is 0. The number of aromatic nitrogens is 3. The second kappa shape index (κ2) is 4.85. The van der Waals surface area contributed by atoms with Crippen LogP contribution in [-0.4, -0.2) is 15.0 Å². The molecule has 2 aromatic heterocycles. The van der Waals surface area contributed by atoms with Gasteiger partial charge in [0, 0.05) is 22.9 Å². The Morgan fingerprint density at radius 3 is 2.10 bits per heavy atom. The molecule has 20 heavy (non-hydrogen) atoms. The molecule has 0 aliphatic carbocycles. The molecule has 3 nitrogen and oxygen atoms in total. The van der Waals surface area contributed by atoms with E-state index < -0.39 is 11.9 Å². The zero-order valence-corrected chi connectivity index (χ0v) is 11.4. The fourth-order valence-corrected chi connectivity index (χ4v) is 1.64. The van der Waals surface area contributed by atoms with Crippen LogP contribution < -0.4 is 0 Å². The van der Waals surface area contributed by atoms with Crippen molar-refractivity contribution in [1.29, 1.82) is 0 Å². The van der Waals surface area contributed by atoms with Crippen molar-refractivity contribution < 1.29 is 13.2 Å².